The van der Waals surface area contributed by atoms with Gasteiger partial charge >= 0.3 is 5.97 Å². The standard InChI is InChI=1S/C28H44O4/c1-3-4-5-6-7-8-9-10-11-12-13-14-15-16-17-20-28(30)32-23-18-19-25-21-22-26(29)27(24-25)31-2/h10-11,18-19,21-22,24,29H,3-9,12-17,20,23H2,1-2H3. The van der Waals surface area contributed by atoms with Crippen molar-refractivity contribution in [3.63, 3.8) is 0 Å². The van der Waals surface area contributed by atoms with Gasteiger partial charge in [-0.25, -0.2) is 0 Å². The molecule has 4 heteroatoms. The zero-order valence-electron chi connectivity index (χ0n) is 20.3. The molecule has 0 unspecified atom stereocenters. The quantitative estimate of drug-likeness (QED) is 0.133. The Morgan fingerprint density at radius 1 is 0.875 bits per heavy atom. The Balaban J connectivity index is 1.94. The Hall–Kier alpha value is -2.23. The molecule has 1 rings (SSSR count). The number of carbonyl (C=O) groups excluding carboxylic acids is 1. The SMILES string of the molecule is CCCCCCCCC=CCCCCCCCC(=O)OCC=Cc1ccc(O)c(OC)c1. The van der Waals surface area contributed by atoms with Crippen molar-refractivity contribution in [3.05, 3.63) is 42.0 Å². The van der Waals surface area contributed by atoms with Crippen LogP contribution < -0.4 is 4.74 Å². The summed E-state index contributed by atoms with van der Waals surface area (Å²) >= 11 is 0. The van der Waals surface area contributed by atoms with Gasteiger partial charge in [-0.3, -0.25) is 4.79 Å². The number of phenolic OH excluding ortho intramolecular Hbond substituents is 1. The predicted molar refractivity (Wildman–Crippen MR) is 134 cm³/mol. The predicted octanol–water partition coefficient (Wildman–Crippen LogP) is 7.99. The lowest BCUT2D eigenvalue weighted by molar-refractivity contribution is -0.142. The van der Waals surface area contributed by atoms with E-state index in [1.165, 1.54) is 77.7 Å². The molecule has 0 fully saturated rings. The lowest BCUT2D eigenvalue weighted by Gasteiger charge is -2.04. The van der Waals surface area contributed by atoms with Crippen molar-refractivity contribution in [2.75, 3.05) is 13.7 Å². The van der Waals surface area contributed by atoms with Crippen molar-refractivity contribution in [1.29, 1.82) is 0 Å². The summed E-state index contributed by atoms with van der Waals surface area (Å²) in [5.41, 5.74) is 0.882. The van der Waals surface area contributed by atoms with Gasteiger partial charge in [-0.05, 0) is 55.9 Å². The number of aromatic hydroxyl groups is 1. The topological polar surface area (TPSA) is 55.8 Å². The zero-order chi connectivity index (χ0) is 23.3. The van der Waals surface area contributed by atoms with Crippen molar-refractivity contribution in [1.82, 2.24) is 0 Å². The summed E-state index contributed by atoms with van der Waals surface area (Å²) < 4.78 is 10.3. The van der Waals surface area contributed by atoms with E-state index in [4.69, 9.17) is 9.47 Å². The molecule has 32 heavy (non-hydrogen) atoms. The van der Waals surface area contributed by atoms with Gasteiger partial charge in [0.05, 0.1) is 7.11 Å². The Bertz CT molecular complexity index is 663. The van der Waals surface area contributed by atoms with E-state index in [9.17, 15) is 9.90 Å². The molecule has 0 atom stereocenters. The fourth-order valence-electron chi connectivity index (χ4n) is 3.54. The first-order chi connectivity index (χ1) is 15.7. The van der Waals surface area contributed by atoms with Crippen molar-refractivity contribution in [3.8, 4) is 11.5 Å². The number of esters is 1. The van der Waals surface area contributed by atoms with E-state index < -0.39 is 0 Å². The highest BCUT2D eigenvalue weighted by molar-refractivity contribution is 5.69. The van der Waals surface area contributed by atoms with Crippen LogP contribution in [-0.2, 0) is 9.53 Å². The zero-order valence-corrected chi connectivity index (χ0v) is 20.3. The van der Waals surface area contributed by atoms with Crippen LogP contribution in [0.3, 0.4) is 0 Å². The molecule has 0 amide bonds. The van der Waals surface area contributed by atoms with E-state index in [-0.39, 0.29) is 18.3 Å². The minimum atomic E-state index is -0.143. The highest BCUT2D eigenvalue weighted by Gasteiger charge is 2.02. The lowest BCUT2D eigenvalue weighted by Crippen LogP contribution is -2.03. The van der Waals surface area contributed by atoms with Crippen LogP contribution in [-0.4, -0.2) is 24.8 Å². The Kier molecular flexibility index (Phi) is 16.9. The Labute approximate surface area is 195 Å². The molecular formula is C28H44O4. The highest BCUT2D eigenvalue weighted by atomic mass is 16.5. The van der Waals surface area contributed by atoms with Gasteiger partial charge in [-0.1, -0.05) is 82.6 Å². The maximum atomic E-state index is 11.8. The molecule has 0 bridgehead atoms. The molecule has 0 saturated heterocycles. The third kappa shape index (κ3) is 14.7. The first kappa shape index (κ1) is 27.8. The van der Waals surface area contributed by atoms with Crippen LogP contribution in [0.25, 0.3) is 6.08 Å². The minimum absolute atomic E-state index is 0.107. The van der Waals surface area contributed by atoms with E-state index in [1.54, 1.807) is 24.3 Å². The molecule has 0 saturated carbocycles. The lowest BCUT2D eigenvalue weighted by atomic mass is 10.1. The normalized spacial score (nSPS) is 11.4. The van der Waals surface area contributed by atoms with Gasteiger partial charge in [-0.2, -0.15) is 0 Å². The summed E-state index contributed by atoms with van der Waals surface area (Å²) in [6.45, 7) is 2.52. The minimum Gasteiger partial charge on any atom is -0.504 e. The molecule has 0 heterocycles. The molecule has 1 N–H and O–H groups in total. The number of carbonyl (C=O) groups is 1. The molecule has 1 aromatic rings. The number of phenols is 1. The number of unbranched alkanes of at least 4 members (excludes halogenated alkanes) is 11. The molecular weight excluding hydrogens is 400 g/mol. The first-order valence-corrected chi connectivity index (χ1v) is 12.5. The van der Waals surface area contributed by atoms with Crippen molar-refractivity contribution in [2.45, 2.75) is 96.8 Å². The highest BCUT2D eigenvalue weighted by Crippen LogP contribution is 2.26. The molecule has 180 valence electrons. The number of rotatable bonds is 19. The van der Waals surface area contributed by atoms with E-state index >= 15 is 0 Å². The molecule has 0 aliphatic rings. The van der Waals surface area contributed by atoms with Gasteiger partial charge in [-0.15, -0.1) is 0 Å². The monoisotopic (exact) mass is 444 g/mol. The first-order valence-electron chi connectivity index (χ1n) is 12.5. The number of ether oxygens (including phenoxy) is 2. The van der Waals surface area contributed by atoms with Crippen LogP contribution in [0, 0.1) is 0 Å². The van der Waals surface area contributed by atoms with E-state index in [0.29, 0.717) is 12.2 Å². The van der Waals surface area contributed by atoms with Crippen molar-refractivity contribution in [2.24, 2.45) is 0 Å². The number of methoxy groups -OCH3 is 1. The maximum absolute atomic E-state index is 11.8. The van der Waals surface area contributed by atoms with Crippen molar-refractivity contribution < 1.29 is 19.4 Å². The van der Waals surface area contributed by atoms with Gasteiger partial charge in [0.15, 0.2) is 11.5 Å². The largest absolute Gasteiger partial charge is 0.504 e. The van der Waals surface area contributed by atoms with Gasteiger partial charge in [0.2, 0.25) is 0 Å². The molecule has 0 aromatic heterocycles. The number of hydrogen-bond donors (Lipinski definition) is 1. The molecule has 0 radical (unpaired) electrons. The average molecular weight is 445 g/mol. The van der Waals surface area contributed by atoms with Crippen LogP contribution in [0.2, 0.25) is 0 Å². The van der Waals surface area contributed by atoms with Crippen LogP contribution >= 0.6 is 0 Å². The number of benzene rings is 1. The second-order valence-corrected chi connectivity index (χ2v) is 8.35. The molecule has 0 aliphatic carbocycles. The van der Waals surface area contributed by atoms with E-state index in [1.807, 2.05) is 6.08 Å². The summed E-state index contributed by atoms with van der Waals surface area (Å²) in [7, 11) is 1.51. The molecule has 1 aromatic carbocycles. The van der Waals surface area contributed by atoms with Gasteiger partial charge in [0, 0.05) is 6.42 Å². The summed E-state index contributed by atoms with van der Waals surface area (Å²) in [4.78, 5) is 11.8. The smallest absolute Gasteiger partial charge is 0.306 e. The summed E-state index contributed by atoms with van der Waals surface area (Å²) in [5, 5.41) is 9.59. The fourth-order valence-corrected chi connectivity index (χ4v) is 3.54. The average Bonchev–Trinajstić information content (AvgIpc) is 2.80. The second-order valence-electron chi connectivity index (χ2n) is 8.35. The number of allylic oxidation sites excluding steroid dienone is 2. The van der Waals surface area contributed by atoms with E-state index in [0.717, 1.165) is 18.4 Å². The summed E-state index contributed by atoms with van der Waals surface area (Å²) in [6.07, 6.45) is 25.0. The van der Waals surface area contributed by atoms with Crippen LogP contribution in [0.1, 0.15) is 102 Å². The van der Waals surface area contributed by atoms with Gasteiger partial charge < -0.3 is 14.6 Å². The third-order valence-electron chi connectivity index (χ3n) is 5.50. The number of hydrogen-bond acceptors (Lipinski definition) is 4. The second kappa shape index (κ2) is 19.5. The molecule has 0 spiro atoms. The van der Waals surface area contributed by atoms with E-state index in [2.05, 4.69) is 19.1 Å². The van der Waals surface area contributed by atoms with Crippen LogP contribution in [0.5, 0.6) is 11.5 Å². The Morgan fingerprint density at radius 2 is 1.50 bits per heavy atom. The Morgan fingerprint density at radius 3 is 2.16 bits per heavy atom. The summed E-state index contributed by atoms with van der Waals surface area (Å²) in [5.74, 6) is 0.389. The third-order valence-corrected chi connectivity index (χ3v) is 5.50. The molecule has 0 aliphatic heterocycles. The van der Waals surface area contributed by atoms with Crippen LogP contribution in [0.4, 0.5) is 0 Å². The molecule has 4 nitrogen and oxygen atoms in total. The fraction of sp³-hybridized carbons (Fsp3) is 0.607. The van der Waals surface area contributed by atoms with Crippen molar-refractivity contribution >= 4 is 12.0 Å². The van der Waals surface area contributed by atoms with Gasteiger partial charge in [0.25, 0.3) is 0 Å². The van der Waals surface area contributed by atoms with Crippen LogP contribution in [0.15, 0.2) is 36.4 Å². The van der Waals surface area contributed by atoms with Gasteiger partial charge in [0.1, 0.15) is 6.61 Å². The summed E-state index contributed by atoms with van der Waals surface area (Å²) in [6, 6.07) is 5.10. The maximum Gasteiger partial charge on any atom is 0.306 e.